The summed E-state index contributed by atoms with van der Waals surface area (Å²) in [5, 5.41) is 1.13. The van der Waals surface area contributed by atoms with Crippen molar-refractivity contribution in [2.45, 2.75) is 44.6 Å². The number of likely N-dealkylation sites (N-methyl/N-ethyl adjacent to an activating group) is 1. The zero-order valence-corrected chi connectivity index (χ0v) is 18.6. The lowest BCUT2D eigenvalue weighted by molar-refractivity contribution is -0.129. The van der Waals surface area contributed by atoms with Gasteiger partial charge in [0.15, 0.2) is 0 Å². The Morgan fingerprint density at radius 1 is 1.03 bits per heavy atom. The summed E-state index contributed by atoms with van der Waals surface area (Å²) in [6, 6.07) is 16.1. The van der Waals surface area contributed by atoms with E-state index in [9.17, 15) is 9.59 Å². The topological polar surface area (TPSA) is 51.5 Å². The van der Waals surface area contributed by atoms with Crippen LogP contribution in [-0.4, -0.2) is 42.5 Å². The fourth-order valence-electron chi connectivity index (χ4n) is 4.77. The van der Waals surface area contributed by atoms with Gasteiger partial charge >= 0.3 is 5.97 Å². The number of ether oxygens (including phenoxy) is 1. The third-order valence-corrected chi connectivity index (χ3v) is 6.38. The van der Waals surface area contributed by atoms with Crippen LogP contribution in [0.25, 0.3) is 22.2 Å². The van der Waals surface area contributed by atoms with Crippen LogP contribution in [0.4, 0.5) is 0 Å². The molecule has 1 aromatic heterocycles. The number of carbonyl (C=O) groups is 2. The van der Waals surface area contributed by atoms with Crippen molar-refractivity contribution in [2.75, 3.05) is 21.2 Å². The van der Waals surface area contributed by atoms with Crippen molar-refractivity contribution >= 4 is 22.8 Å². The third-order valence-electron chi connectivity index (χ3n) is 6.38. The monoisotopic (exact) mass is 418 g/mol. The molecule has 0 atom stereocenters. The van der Waals surface area contributed by atoms with Crippen molar-refractivity contribution in [3.05, 3.63) is 59.7 Å². The van der Waals surface area contributed by atoms with Crippen LogP contribution in [0.15, 0.2) is 48.5 Å². The van der Waals surface area contributed by atoms with Crippen LogP contribution in [0.3, 0.4) is 0 Å². The van der Waals surface area contributed by atoms with Crippen molar-refractivity contribution < 1.29 is 14.3 Å². The average molecular weight is 419 g/mol. The van der Waals surface area contributed by atoms with E-state index in [-0.39, 0.29) is 18.4 Å². The van der Waals surface area contributed by atoms with Gasteiger partial charge in [0.2, 0.25) is 5.91 Å². The minimum Gasteiger partial charge on any atom is -0.465 e. The summed E-state index contributed by atoms with van der Waals surface area (Å²) in [5.74, 6) is 0.105. The molecule has 0 N–H and O–H groups in total. The van der Waals surface area contributed by atoms with Gasteiger partial charge in [-0.3, -0.25) is 4.79 Å². The van der Waals surface area contributed by atoms with Crippen LogP contribution < -0.4 is 0 Å². The van der Waals surface area contributed by atoms with Crippen LogP contribution in [0.2, 0.25) is 0 Å². The Hall–Kier alpha value is -3.08. The lowest BCUT2D eigenvalue weighted by Crippen LogP contribution is -2.26. The molecule has 5 heteroatoms. The number of benzene rings is 2. The first kappa shape index (κ1) is 21.2. The van der Waals surface area contributed by atoms with Crippen LogP contribution in [-0.2, 0) is 16.1 Å². The van der Waals surface area contributed by atoms with Gasteiger partial charge in [-0.2, -0.15) is 0 Å². The molecule has 0 bridgehead atoms. The predicted octanol–water partition coefficient (Wildman–Crippen LogP) is 5.23. The first-order valence-corrected chi connectivity index (χ1v) is 11.0. The number of hydrogen-bond donors (Lipinski definition) is 0. The molecule has 0 spiro atoms. The molecule has 1 amide bonds. The zero-order valence-electron chi connectivity index (χ0n) is 18.6. The molecule has 4 rings (SSSR count). The minimum atomic E-state index is -0.367. The molecule has 2 aromatic carbocycles. The molecule has 1 saturated carbocycles. The number of nitrogens with zero attached hydrogens (tertiary/aromatic N) is 2. The second-order valence-corrected chi connectivity index (χ2v) is 8.56. The van der Waals surface area contributed by atoms with E-state index < -0.39 is 0 Å². The van der Waals surface area contributed by atoms with Gasteiger partial charge in [-0.05, 0) is 42.0 Å². The molecule has 3 aromatic rings. The van der Waals surface area contributed by atoms with E-state index in [1.807, 2.05) is 36.4 Å². The van der Waals surface area contributed by atoms with Gasteiger partial charge in [0.1, 0.15) is 6.54 Å². The van der Waals surface area contributed by atoms with Gasteiger partial charge < -0.3 is 14.2 Å². The number of fused-ring (bicyclic) bond motifs is 1. The maximum Gasteiger partial charge on any atom is 0.337 e. The maximum absolute atomic E-state index is 12.8. The summed E-state index contributed by atoms with van der Waals surface area (Å²) >= 11 is 0. The molecular formula is C26H30N2O3. The van der Waals surface area contributed by atoms with E-state index in [1.54, 1.807) is 19.0 Å². The Labute approximate surface area is 183 Å². The number of methoxy groups -OCH3 is 1. The highest BCUT2D eigenvalue weighted by Crippen LogP contribution is 2.44. The highest BCUT2D eigenvalue weighted by Gasteiger charge is 2.28. The standard InChI is InChI=1S/C26H30N2O3/c1-27(2)23(29)17-28-22-16-20(26(30)31-3)14-15-21(22)24(18-10-6-4-7-11-18)25(28)19-12-8-5-9-13-19/h5,8-9,12-16,18H,4,6-7,10-11,17H2,1-3H3. The Bertz CT molecular complexity index is 1090. The Kier molecular flexibility index (Phi) is 6.12. The molecule has 0 radical (unpaired) electrons. The second kappa shape index (κ2) is 8.96. The number of hydrogen-bond acceptors (Lipinski definition) is 3. The predicted molar refractivity (Wildman–Crippen MR) is 123 cm³/mol. The van der Waals surface area contributed by atoms with Crippen LogP contribution in [0.5, 0.6) is 0 Å². The normalized spacial score (nSPS) is 14.5. The smallest absolute Gasteiger partial charge is 0.337 e. The van der Waals surface area contributed by atoms with Crippen molar-refractivity contribution in [3.63, 3.8) is 0 Å². The van der Waals surface area contributed by atoms with Gasteiger partial charge in [0.05, 0.1) is 23.9 Å². The summed E-state index contributed by atoms with van der Waals surface area (Å²) in [6.07, 6.45) is 6.03. The number of amides is 1. The Morgan fingerprint density at radius 3 is 2.39 bits per heavy atom. The minimum absolute atomic E-state index is 0.0211. The quantitative estimate of drug-likeness (QED) is 0.533. The fourth-order valence-corrected chi connectivity index (χ4v) is 4.77. The van der Waals surface area contributed by atoms with Crippen LogP contribution in [0, 0.1) is 0 Å². The van der Waals surface area contributed by atoms with E-state index in [0.29, 0.717) is 11.5 Å². The maximum atomic E-state index is 12.8. The lowest BCUT2D eigenvalue weighted by atomic mass is 9.82. The highest BCUT2D eigenvalue weighted by molar-refractivity contribution is 5.99. The van der Waals surface area contributed by atoms with E-state index in [0.717, 1.165) is 35.0 Å². The number of carbonyl (C=O) groups excluding carboxylic acids is 2. The SMILES string of the molecule is COC(=O)c1ccc2c(C3CCCCC3)c(-c3ccccc3)n(CC(=O)N(C)C)c2c1. The molecular weight excluding hydrogens is 388 g/mol. The molecule has 0 unspecified atom stereocenters. The summed E-state index contributed by atoms with van der Waals surface area (Å²) in [6.45, 7) is 0.227. The van der Waals surface area contributed by atoms with Gasteiger partial charge in [-0.25, -0.2) is 4.79 Å². The van der Waals surface area contributed by atoms with E-state index in [4.69, 9.17) is 4.74 Å². The molecule has 162 valence electrons. The van der Waals surface area contributed by atoms with Gasteiger partial charge in [0, 0.05) is 19.5 Å². The molecule has 1 fully saturated rings. The largest absolute Gasteiger partial charge is 0.465 e. The second-order valence-electron chi connectivity index (χ2n) is 8.56. The van der Waals surface area contributed by atoms with Gasteiger partial charge in [-0.15, -0.1) is 0 Å². The average Bonchev–Trinajstić information content (AvgIpc) is 3.12. The van der Waals surface area contributed by atoms with Crippen molar-refractivity contribution in [3.8, 4) is 11.3 Å². The highest BCUT2D eigenvalue weighted by atomic mass is 16.5. The van der Waals surface area contributed by atoms with Crippen molar-refractivity contribution in [1.82, 2.24) is 9.47 Å². The van der Waals surface area contributed by atoms with E-state index in [2.05, 4.69) is 16.7 Å². The first-order valence-electron chi connectivity index (χ1n) is 11.0. The molecule has 0 saturated heterocycles. The van der Waals surface area contributed by atoms with Crippen LogP contribution in [0.1, 0.15) is 53.9 Å². The first-order chi connectivity index (χ1) is 15.0. The number of aromatic nitrogens is 1. The van der Waals surface area contributed by atoms with E-state index >= 15 is 0 Å². The van der Waals surface area contributed by atoms with E-state index in [1.165, 1.54) is 31.9 Å². The molecule has 5 nitrogen and oxygen atoms in total. The van der Waals surface area contributed by atoms with Crippen molar-refractivity contribution in [1.29, 1.82) is 0 Å². The third kappa shape index (κ3) is 4.09. The molecule has 0 aliphatic heterocycles. The van der Waals surface area contributed by atoms with Crippen LogP contribution >= 0.6 is 0 Å². The van der Waals surface area contributed by atoms with Gasteiger partial charge in [-0.1, -0.05) is 55.7 Å². The summed E-state index contributed by atoms with van der Waals surface area (Å²) < 4.78 is 7.06. The Morgan fingerprint density at radius 2 is 1.74 bits per heavy atom. The van der Waals surface area contributed by atoms with Gasteiger partial charge in [0.25, 0.3) is 0 Å². The van der Waals surface area contributed by atoms with Crippen molar-refractivity contribution in [2.24, 2.45) is 0 Å². The zero-order chi connectivity index (χ0) is 22.0. The summed E-state index contributed by atoms with van der Waals surface area (Å²) in [5.41, 5.74) is 4.92. The lowest BCUT2D eigenvalue weighted by Gasteiger charge is -2.24. The summed E-state index contributed by atoms with van der Waals surface area (Å²) in [4.78, 5) is 26.7. The Balaban J connectivity index is 2.02. The summed E-state index contributed by atoms with van der Waals surface area (Å²) in [7, 11) is 4.94. The molecule has 1 aliphatic rings. The number of esters is 1. The number of rotatable bonds is 5. The molecule has 31 heavy (non-hydrogen) atoms. The molecule has 1 aliphatic carbocycles. The fraction of sp³-hybridized carbons (Fsp3) is 0.385. The molecule has 1 heterocycles.